The first-order valence-electron chi connectivity index (χ1n) is 21.4. The highest BCUT2D eigenvalue weighted by molar-refractivity contribution is 7.80. The van der Waals surface area contributed by atoms with Crippen molar-refractivity contribution in [2.75, 3.05) is 34.9 Å². The number of benzene rings is 3. The molecule has 7 rings (SSSR count). The maximum atomic E-state index is 13.5. The van der Waals surface area contributed by atoms with E-state index < -0.39 is 44.0 Å². The lowest BCUT2D eigenvalue weighted by molar-refractivity contribution is -0.0928. The van der Waals surface area contributed by atoms with E-state index in [4.69, 9.17) is 45.3 Å². The van der Waals surface area contributed by atoms with Crippen molar-refractivity contribution in [3.05, 3.63) is 131 Å². The molecule has 0 unspecified atom stereocenters. The maximum Gasteiger partial charge on any atom is 0.280 e. The van der Waals surface area contributed by atoms with Crippen LogP contribution in [0.2, 0.25) is 16.6 Å². The van der Waals surface area contributed by atoms with Gasteiger partial charge in [-0.25, -0.2) is 15.0 Å². The molecule has 0 bridgehead atoms. The third-order valence-corrected chi connectivity index (χ3v) is 18.4. The van der Waals surface area contributed by atoms with Crippen LogP contribution in [0.1, 0.15) is 64.5 Å². The number of rotatable bonds is 17. The lowest BCUT2D eigenvalue weighted by atomic mass is 9.80. The molecule has 1 N–H and O–H groups in total. The number of H-pyrrole nitrogens is 1. The van der Waals surface area contributed by atoms with E-state index in [9.17, 15) is 4.79 Å². The molecular weight excluding hydrogens is 849 g/mol. The maximum absolute atomic E-state index is 13.5. The van der Waals surface area contributed by atoms with Gasteiger partial charge in [0.2, 0.25) is 14.3 Å². The number of aromatic nitrogens is 6. The van der Waals surface area contributed by atoms with E-state index in [2.05, 4.69) is 61.5 Å². The second-order valence-corrected chi connectivity index (χ2v) is 22.8. The molecule has 338 valence electrons. The summed E-state index contributed by atoms with van der Waals surface area (Å²) in [6.07, 6.45) is 4.71. The minimum absolute atomic E-state index is 0.0147. The summed E-state index contributed by atoms with van der Waals surface area (Å²) in [5.41, 5.74) is 1.90. The van der Waals surface area contributed by atoms with Gasteiger partial charge in [-0.3, -0.25) is 18.9 Å². The zero-order valence-electron chi connectivity index (χ0n) is 38.0. The molecule has 6 aromatic rings. The first kappa shape index (κ1) is 46.3. The molecule has 1 saturated heterocycles. The lowest BCUT2D eigenvalue weighted by Crippen LogP contribution is -2.54. The third kappa shape index (κ3) is 8.99. The highest BCUT2D eigenvalue weighted by Crippen LogP contribution is 2.48. The van der Waals surface area contributed by atoms with Crippen LogP contribution in [0.3, 0.4) is 0 Å². The fourth-order valence-electron chi connectivity index (χ4n) is 9.14. The Hall–Kier alpha value is -5.72. The van der Waals surface area contributed by atoms with E-state index in [0.717, 1.165) is 16.7 Å². The summed E-state index contributed by atoms with van der Waals surface area (Å²) < 4.78 is 44.0. The molecule has 0 amide bonds. The van der Waals surface area contributed by atoms with E-state index in [-0.39, 0.29) is 45.5 Å². The van der Waals surface area contributed by atoms with Gasteiger partial charge in [0.25, 0.3) is 10.7 Å². The van der Waals surface area contributed by atoms with Crippen LogP contribution in [0.4, 0.5) is 5.95 Å². The number of hydrogen-bond donors (Lipinski definition) is 1. The highest BCUT2D eigenvalue weighted by Gasteiger charge is 2.56. The quantitative estimate of drug-likeness (QED) is 0.0309. The van der Waals surface area contributed by atoms with Crippen molar-refractivity contribution in [1.82, 2.24) is 34.0 Å². The second kappa shape index (κ2) is 19.6. The smallest absolute Gasteiger partial charge is 0.280 e. The molecule has 3 aromatic heterocycles. The van der Waals surface area contributed by atoms with Crippen LogP contribution in [0.15, 0.2) is 114 Å². The highest BCUT2D eigenvalue weighted by atomic mass is 32.1. The van der Waals surface area contributed by atoms with Gasteiger partial charge >= 0.3 is 0 Å². The van der Waals surface area contributed by atoms with Crippen molar-refractivity contribution in [2.45, 2.75) is 88.3 Å². The Morgan fingerprint density at radius 3 is 2.02 bits per heavy atom. The zero-order valence-corrected chi connectivity index (χ0v) is 39.9. The van der Waals surface area contributed by atoms with E-state index in [1.807, 2.05) is 93.0 Å². The summed E-state index contributed by atoms with van der Waals surface area (Å²) in [4.78, 5) is 36.1. The Morgan fingerprint density at radius 2 is 1.48 bits per heavy atom. The number of ether oxygens (including phenoxy) is 5. The van der Waals surface area contributed by atoms with Crippen LogP contribution in [0.5, 0.6) is 11.5 Å². The molecule has 4 atom stereocenters. The van der Waals surface area contributed by atoms with Crippen molar-refractivity contribution in [3.63, 3.8) is 0 Å². The first-order chi connectivity index (χ1) is 30.7. The van der Waals surface area contributed by atoms with Crippen molar-refractivity contribution in [3.8, 4) is 11.5 Å². The largest absolute Gasteiger partial charge is 0.497 e. The lowest BCUT2D eigenvalue weighted by Gasteiger charge is -2.45. The molecule has 4 heterocycles. The predicted molar refractivity (Wildman–Crippen MR) is 253 cm³/mol. The molecular formula is C47H58N8O7SSi. The van der Waals surface area contributed by atoms with Crippen LogP contribution >= 0.6 is 12.2 Å². The fourth-order valence-corrected chi connectivity index (χ4v) is 14.9. The monoisotopic (exact) mass is 906 g/mol. The van der Waals surface area contributed by atoms with Crippen LogP contribution in [0.25, 0.3) is 11.2 Å². The average molecular weight is 907 g/mol. The summed E-state index contributed by atoms with van der Waals surface area (Å²) in [5, 5.41) is 0.154. The molecule has 1 aliphatic rings. The van der Waals surface area contributed by atoms with Crippen LogP contribution < -0.4 is 15.0 Å². The number of aliphatic imine (C=N–C) groups is 1. The molecule has 64 heavy (non-hydrogen) atoms. The molecule has 15 nitrogen and oxygen atoms in total. The average Bonchev–Trinajstić information content (AvgIpc) is 4.06. The van der Waals surface area contributed by atoms with Gasteiger partial charge in [-0.1, -0.05) is 96.1 Å². The van der Waals surface area contributed by atoms with Crippen molar-refractivity contribution in [2.24, 2.45) is 4.99 Å². The summed E-state index contributed by atoms with van der Waals surface area (Å²) in [6, 6.07) is 25.8. The van der Waals surface area contributed by atoms with Gasteiger partial charge in [0.05, 0.1) is 33.5 Å². The first-order valence-corrected chi connectivity index (χ1v) is 24.0. The number of nitrogens with one attached hydrogen (secondary N) is 1. The molecule has 1 fully saturated rings. The van der Waals surface area contributed by atoms with Gasteiger partial charge in [0, 0.05) is 26.5 Å². The molecule has 0 aliphatic carbocycles. The topological polar surface area (TPSA) is 152 Å². The van der Waals surface area contributed by atoms with Crippen molar-refractivity contribution >= 4 is 49.2 Å². The Bertz CT molecular complexity index is 2500. The third-order valence-electron chi connectivity index (χ3n) is 12.0. The van der Waals surface area contributed by atoms with E-state index in [1.165, 1.54) is 0 Å². The second-order valence-electron chi connectivity index (χ2n) is 17.0. The van der Waals surface area contributed by atoms with Gasteiger partial charge in [-0.2, -0.15) is 4.98 Å². The molecule has 0 radical (unpaired) electrons. The van der Waals surface area contributed by atoms with Gasteiger partial charge in [-0.15, -0.1) is 0 Å². The Morgan fingerprint density at radius 1 is 0.891 bits per heavy atom. The Labute approximate surface area is 380 Å². The van der Waals surface area contributed by atoms with Crippen LogP contribution in [0, 0.1) is 0 Å². The van der Waals surface area contributed by atoms with E-state index in [0.29, 0.717) is 11.5 Å². The molecule has 0 spiro atoms. The summed E-state index contributed by atoms with van der Waals surface area (Å²) in [6.45, 7) is 13.3. The number of aromatic amines is 1. The fraction of sp³-hybridized carbons (Fsp3) is 0.404. The van der Waals surface area contributed by atoms with Gasteiger partial charge in [0.1, 0.15) is 35.6 Å². The van der Waals surface area contributed by atoms with Crippen molar-refractivity contribution in [1.29, 1.82) is 0 Å². The number of fused-ring (bicyclic) bond motifs is 1. The van der Waals surface area contributed by atoms with Crippen LogP contribution in [-0.4, -0.2) is 107 Å². The van der Waals surface area contributed by atoms with Gasteiger partial charge in [0.15, 0.2) is 23.5 Å². The number of thiocarbonyl (C=S) groups is 1. The molecule has 17 heteroatoms. The number of imidazole rings is 2. The van der Waals surface area contributed by atoms with Gasteiger partial charge < -0.3 is 33.0 Å². The zero-order chi connectivity index (χ0) is 45.8. The van der Waals surface area contributed by atoms with E-state index in [1.54, 1.807) is 59.6 Å². The molecule has 3 aromatic carbocycles. The number of nitrogens with zero attached hydrogens (tertiary/aromatic N) is 7. The SMILES string of the molecule is COc1ccc(C(OC[C@H]2O[C@@H](n3cnc4c(=O)[nH]c(/N=C/N(C)C)nc43)[C@H](O[Si](C(C)C)(C(C)C)C(C)C)[C@@H]2OC(=S)n2ccnc2)(c2ccccc2)c2ccc(OC)cc2)cc1. The summed E-state index contributed by atoms with van der Waals surface area (Å²) in [5.74, 6) is 1.51. The predicted octanol–water partition coefficient (Wildman–Crippen LogP) is 8.24. The summed E-state index contributed by atoms with van der Waals surface area (Å²) >= 11 is 5.99. The van der Waals surface area contributed by atoms with E-state index >= 15 is 0 Å². The summed E-state index contributed by atoms with van der Waals surface area (Å²) in [7, 11) is 4.22. The Balaban J connectivity index is 1.43. The minimum Gasteiger partial charge on any atom is -0.497 e. The number of methoxy groups -OCH3 is 2. The minimum atomic E-state index is -2.72. The van der Waals surface area contributed by atoms with Crippen LogP contribution in [-0.2, 0) is 24.2 Å². The van der Waals surface area contributed by atoms with Gasteiger partial charge in [-0.05, 0) is 69.8 Å². The molecule has 1 aliphatic heterocycles. The number of hydrogen-bond acceptors (Lipinski definition) is 12. The molecule has 0 saturated carbocycles. The van der Waals surface area contributed by atoms with Crippen molar-refractivity contribution < 1.29 is 28.1 Å². The normalized spacial score (nSPS) is 18.1. The Kier molecular flexibility index (Phi) is 14.2. The standard InChI is InChI=1S/C47H58N8O7SSi/c1-30(2)64(31(3)4,32(5)6)62-41-40(61-46(63)54-25-24-48-27-54)38(60-44(41)55-29-49-39-42(55)51-45(52-43(39)56)50-28-53(7)8)26-59-47(33-14-12-11-13-15-33,34-16-20-36(57-9)21-17-34)35-18-22-37(58-10)23-19-35/h11-25,27-32,38,40-41,44H,26H2,1-10H3,(H,51,52,56)/b50-28+/t38-,40-,41-,44-/m1/s1.